The molecule has 0 bridgehead atoms. The lowest BCUT2D eigenvalue weighted by Crippen LogP contribution is -2.44. The zero-order valence-electron chi connectivity index (χ0n) is 13.6. The fourth-order valence-electron chi connectivity index (χ4n) is 2.35. The number of nitrogens with two attached hydrogens (primary N) is 1. The Morgan fingerprint density at radius 2 is 1.67 bits per heavy atom. The number of amides is 1. The Balaban J connectivity index is 2.47. The van der Waals surface area contributed by atoms with Crippen molar-refractivity contribution >= 4 is 5.91 Å². The SMILES string of the molecule is CCCCN(CCCC)C(=O)C(N)CCc1ccccc1. The van der Waals surface area contributed by atoms with Crippen molar-refractivity contribution in [1.29, 1.82) is 0 Å². The summed E-state index contributed by atoms with van der Waals surface area (Å²) in [5.41, 5.74) is 7.36. The molecule has 21 heavy (non-hydrogen) atoms. The van der Waals surface area contributed by atoms with Crippen LogP contribution in [-0.4, -0.2) is 29.9 Å². The molecule has 1 unspecified atom stereocenters. The molecule has 0 heterocycles. The first kappa shape index (κ1) is 17.7. The smallest absolute Gasteiger partial charge is 0.239 e. The minimum Gasteiger partial charge on any atom is -0.341 e. The molecule has 118 valence electrons. The summed E-state index contributed by atoms with van der Waals surface area (Å²) < 4.78 is 0. The Kier molecular flexibility index (Phi) is 8.76. The summed E-state index contributed by atoms with van der Waals surface area (Å²) in [5.74, 6) is 0.118. The predicted octanol–water partition coefficient (Wildman–Crippen LogP) is 3.38. The zero-order chi connectivity index (χ0) is 15.5. The van der Waals surface area contributed by atoms with Crippen LogP contribution < -0.4 is 5.73 Å². The number of hydrogen-bond acceptors (Lipinski definition) is 2. The number of benzene rings is 1. The van der Waals surface area contributed by atoms with Crippen molar-refractivity contribution in [1.82, 2.24) is 4.90 Å². The highest BCUT2D eigenvalue weighted by Gasteiger charge is 2.19. The van der Waals surface area contributed by atoms with E-state index in [0.717, 1.165) is 51.6 Å². The third-order valence-electron chi connectivity index (χ3n) is 3.78. The molecule has 1 atom stereocenters. The van der Waals surface area contributed by atoms with Gasteiger partial charge in [-0.2, -0.15) is 0 Å². The van der Waals surface area contributed by atoms with Gasteiger partial charge in [0.15, 0.2) is 0 Å². The number of aryl methyl sites for hydroxylation is 1. The van der Waals surface area contributed by atoms with Gasteiger partial charge in [-0.05, 0) is 31.2 Å². The first-order valence-corrected chi connectivity index (χ1v) is 8.27. The average Bonchev–Trinajstić information content (AvgIpc) is 2.53. The number of nitrogens with zero attached hydrogens (tertiary/aromatic N) is 1. The molecule has 1 aromatic carbocycles. The standard InChI is InChI=1S/C18H30N2O/c1-3-5-14-20(15-6-4-2)18(21)17(19)13-12-16-10-8-7-9-11-16/h7-11,17H,3-6,12-15,19H2,1-2H3. The first-order valence-electron chi connectivity index (χ1n) is 8.27. The predicted molar refractivity (Wildman–Crippen MR) is 89.1 cm³/mol. The topological polar surface area (TPSA) is 46.3 Å². The molecule has 2 N–H and O–H groups in total. The third-order valence-corrected chi connectivity index (χ3v) is 3.78. The van der Waals surface area contributed by atoms with Crippen LogP contribution >= 0.6 is 0 Å². The molecule has 1 amide bonds. The molecule has 0 saturated carbocycles. The Morgan fingerprint density at radius 1 is 1.10 bits per heavy atom. The van der Waals surface area contributed by atoms with Crippen molar-refractivity contribution in [3.05, 3.63) is 35.9 Å². The second-order valence-electron chi connectivity index (χ2n) is 5.66. The van der Waals surface area contributed by atoms with Crippen LogP contribution in [0, 0.1) is 0 Å². The van der Waals surface area contributed by atoms with Crippen molar-refractivity contribution in [2.24, 2.45) is 5.73 Å². The van der Waals surface area contributed by atoms with Crippen LogP contribution in [0.1, 0.15) is 51.5 Å². The van der Waals surface area contributed by atoms with Gasteiger partial charge in [0, 0.05) is 13.1 Å². The quantitative estimate of drug-likeness (QED) is 0.718. The number of unbranched alkanes of at least 4 members (excludes halogenated alkanes) is 2. The van der Waals surface area contributed by atoms with Crippen LogP contribution in [0.3, 0.4) is 0 Å². The lowest BCUT2D eigenvalue weighted by Gasteiger charge is -2.25. The first-order chi connectivity index (χ1) is 10.2. The van der Waals surface area contributed by atoms with Gasteiger partial charge in [0.2, 0.25) is 5.91 Å². The van der Waals surface area contributed by atoms with Crippen LogP contribution in [0.4, 0.5) is 0 Å². The van der Waals surface area contributed by atoms with E-state index in [1.165, 1.54) is 5.56 Å². The maximum atomic E-state index is 12.5. The second kappa shape index (κ2) is 10.4. The molecule has 0 radical (unpaired) electrons. The minimum absolute atomic E-state index is 0.118. The van der Waals surface area contributed by atoms with Crippen LogP contribution in [-0.2, 0) is 11.2 Å². The molecule has 1 aromatic rings. The van der Waals surface area contributed by atoms with Crippen LogP contribution in [0.25, 0.3) is 0 Å². The summed E-state index contributed by atoms with van der Waals surface area (Å²) in [6.07, 6.45) is 5.91. The highest BCUT2D eigenvalue weighted by molar-refractivity contribution is 5.81. The van der Waals surface area contributed by atoms with E-state index in [1.807, 2.05) is 23.1 Å². The zero-order valence-corrected chi connectivity index (χ0v) is 13.6. The molecule has 0 aliphatic heterocycles. The van der Waals surface area contributed by atoms with E-state index in [4.69, 9.17) is 5.73 Å². The molecule has 0 aliphatic carbocycles. The third kappa shape index (κ3) is 6.76. The van der Waals surface area contributed by atoms with Crippen LogP contribution in [0.15, 0.2) is 30.3 Å². The highest BCUT2D eigenvalue weighted by Crippen LogP contribution is 2.08. The minimum atomic E-state index is -0.376. The molecule has 0 aromatic heterocycles. The highest BCUT2D eigenvalue weighted by atomic mass is 16.2. The molecule has 0 aliphatic rings. The number of carbonyl (C=O) groups excluding carboxylic acids is 1. The summed E-state index contributed by atoms with van der Waals surface area (Å²) in [4.78, 5) is 14.4. The number of rotatable bonds is 10. The van der Waals surface area contributed by atoms with Crippen LogP contribution in [0.2, 0.25) is 0 Å². The van der Waals surface area contributed by atoms with E-state index in [1.54, 1.807) is 0 Å². The summed E-state index contributed by atoms with van der Waals surface area (Å²) in [6, 6.07) is 9.85. The molecular formula is C18H30N2O. The van der Waals surface area contributed by atoms with Gasteiger partial charge < -0.3 is 10.6 Å². The van der Waals surface area contributed by atoms with Crippen LogP contribution in [0.5, 0.6) is 0 Å². The lowest BCUT2D eigenvalue weighted by atomic mass is 10.0. The van der Waals surface area contributed by atoms with Crippen molar-refractivity contribution < 1.29 is 4.79 Å². The molecule has 3 nitrogen and oxygen atoms in total. The summed E-state index contributed by atoms with van der Waals surface area (Å²) >= 11 is 0. The van der Waals surface area contributed by atoms with E-state index in [2.05, 4.69) is 26.0 Å². The maximum Gasteiger partial charge on any atom is 0.239 e. The maximum absolute atomic E-state index is 12.5. The van der Waals surface area contributed by atoms with Crippen molar-refractivity contribution in [2.75, 3.05) is 13.1 Å². The molecular weight excluding hydrogens is 260 g/mol. The molecule has 0 fully saturated rings. The van der Waals surface area contributed by atoms with E-state index in [9.17, 15) is 4.79 Å². The largest absolute Gasteiger partial charge is 0.341 e. The molecule has 3 heteroatoms. The summed E-state index contributed by atoms with van der Waals surface area (Å²) in [6.45, 7) is 5.98. The average molecular weight is 290 g/mol. The van der Waals surface area contributed by atoms with Gasteiger partial charge in [0.05, 0.1) is 6.04 Å². The summed E-state index contributed by atoms with van der Waals surface area (Å²) in [7, 11) is 0. The van der Waals surface area contributed by atoms with E-state index < -0.39 is 0 Å². The van der Waals surface area contributed by atoms with E-state index in [0.29, 0.717) is 0 Å². The van der Waals surface area contributed by atoms with Gasteiger partial charge in [-0.25, -0.2) is 0 Å². The van der Waals surface area contributed by atoms with Crippen molar-refractivity contribution in [3.8, 4) is 0 Å². The van der Waals surface area contributed by atoms with Gasteiger partial charge in [-0.3, -0.25) is 4.79 Å². The lowest BCUT2D eigenvalue weighted by molar-refractivity contribution is -0.132. The van der Waals surface area contributed by atoms with Crippen molar-refractivity contribution in [2.45, 2.75) is 58.4 Å². The van der Waals surface area contributed by atoms with Gasteiger partial charge >= 0.3 is 0 Å². The Bertz CT molecular complexity index is 383. The van der Waals surface area contributed by atoms with E-state index in [-0.39, 0.29) is 11.9 Å². The Labute approximate surface area is 129 Å². The summed E-state index contributed by atoms with van der Waals surface area (Å²) in [5, 5.41) is 0. The Hall–Kier alpha value is -1.35. The fourth-order valence-corrected chi connectivity index (χ4v) is 2.35. The Morgan fingerprint density at radius 3 is 2.19 bits per heavy atom. The van der Waals surface area contributed by atoms with Gasteiger partial charge in [0.25, 0.3) is 0 Å². The normalized spacial score (nSPS) is 12.1. The molecule has 1 rings (SSSR count). The van der Waals surface area contributed by atoms with Crippen molar-refractivity contribution in [3.63, 3.8) is 0 Å². The number of carbonyl (C=O) groups is 1. The molecule has 0 saturated heterocycles. The molecule has 0 spiro atoms. The second-order valence-corrected chi connectivity index (χ2v) is 5.66. The van der Waals surface area contributed by atoms with Gasteiger partial charge in [0.1, 0.15) is 0 Å². The van der Waals surface area contributed by atoms with E-state index >= 15 is 0 Å². The van der Waals surface area contributed by atoms with Gasteiger partial charge in [-0.1, -0.05) is 57.0 Å². The fraction of sp³-hybridized carbons (Fsp3) is 0.611. The van der Waals surface area contributed by atoms with Gasteiger partial charge in [-0.15, -0.1) is 0 Å². The monoisotopic (exact) mass is 290 g/mol. The number of hydrogen-bond donors (Lipinski definition) is 1.